The van der Waals surface area contributed by atoms with Crippen LogP contribution in [0.2, 0.25) is 0 Å². The minimum absolute atomic E-state index is 0.278. The number of ether oxygens (including phenoxy) is 1. The van der Waals surface area contributed by atoms with Crippen molar-refractivity contribution in [1.29, 1.82) is 0 Å². The van der Waals surface area contributed by atoms with Crippen LogP contribution < -0.4 is 0 Å². The third kappa shape index (κ3) is 3.51. The zero-order valence-corrected chi connectivity index (χ0v) is 7.16. The van der Waals surface area contributed by atoms with Crippen LogP contribution in [-0.2, 0) is 14.5 Å². The summed E-state index contributed by atoms with van der Waals surface area (Å²) in [5.41, 5.74) is -0.278. The number of rotatable bonds is 2. The Morgan fingerprint density at radius 3 is 2.64 bits per heavy atom. The highest BCUT2D eigenvalue weighted by atomic mass is 17.2. The van der Waals surface area contributed by atoms with Crippen LogP contribution in [0.15, 0.2) is 12.2 Å². The Morgan fingerprint density at radius 2 is 2.18 bits per heavy atom. The van der Waals surface area contributed by atoms with Crippen LogP contribution in [-0.4, -0.2) is 18.5 Å². The summed E-state index contributed by atoms with van der Waals surface area (Å²) in [7, 11) is 0. The second kappa shape index (κ2) is 3.34. The summed E-state index contributed by atoms with van der Waals surface area (Å²) in [6.07, 6.45) is 3.40. The average Bonchev–Trinajstić information content (AvgIpc) is 2.32. The Kier molecular flexibility index (Phi) is 2.65. The molecule has 0 saturated carbocycles. The Morgan fingerprint density at radius 1 is 1.45 bits per heavy atom. The van der Waals surface area contributed by atoms with Crippen molar-refractivity contribution in [3.8, 4) is 0 Å². The molecule has 1 atom stereocenters. The summed E-state index contributed by atoms with van der Waals surface area (Å²) in [4.78, 5) is 10.00. The summed E-state index contributed by atoms with van der Waals surface area (Å²) >= 11 is 0. The van der Waals surface area contributed by atoms with Crippen molar-refractivity contribution in [3.05, 3.63) is 12.2 Å². The van der Waals surface area contributed by atoms with Gasteiger partial charge in [0.25, 0.3) is 0 Å². The Bertz CT molecular complexity index is 146. The highest BCUT2D eigenvalue weighted by Gasteiger charge is 2.16. The van der Waals surface area contributed by atoms with Gasteiger partial charge in [-0.05, 0) is 26.8 Å². The molecule has 0 aromatic carbocycles. The monoisotopic (exact) mass is 158 g/mol. The van der Waals surface area contributed by atoms with Gasteiger partial charge in [0, 0.05) is 0 Å². The van der Waals surface area contributed by atoms with E-state index in [2.05, 4.69) is 0 Å². The molecule has 0 radical (unpaired) electrons. The first-order chi connectivity index (χ1) is 5.08. The maximum atomic E-state index is 5.09. The summed E-state index contributed by atoms with van der Waals surface area (Å²) in [6.45, 7) is 6.38. The van der Waals surface area contributed by atoms with Crippen LogP contribution in [0.25, 0.3) is 0 Å². The fourth-order valence-electron chi connectivity index (χ4n) is 0.624. The number of hydrogen-bond donors (Lipinski definition) is 0. The first-order valence-electron chi connectivity index (χ1n) is 3.71. The van der Waals surface area contributed by atoms with Gasteiger partial charge in [0.2, 0.25) is 6.29 Å². The van der Waals surface area contributed by atoms with Gasteiger partial charge in [0.1, 0.15) is 0 Å². The molecule has 0 saturated heterocycles. The molecule has 1 aliphatic heterocycles. The van der Waals surface area contributed by atoms with Gasteiger partial charge in [-0.3, -0.25) is 0 Å². The Hall–Kier alpha value is -0.380. The lowest BCUT2D eigenvalue weighted by Gasteiger charge is -2.19. The van der Waals surface area contributed by atoms with Crippen molar-refractivity contribution < 1.29 is 14.5 Å². The van der Waals surface area contributed by atoms with E-state index in [-0.39, 0.29) is 11.9 Å². The van der Waals surface area contributed by atoms with Gasteiger partial charge in [0.15, 0.2) is 0 Å². The first kappa shape index (κ1) is 8.71. The predicted octanol–water partition coefficient (Wildman–Crippen LogP) is 1.65. The molecule has 0 amide bonds. The zero-order chi connectivity index (χ0) is 8.32. The third-order valence-corrected chi connectivity index (χ3v) is 1.04. The van der Waals surface area contributed by atoms with Gasteiger partial charge in [0.05, 0.1) is 12.2 Å². The van der Waals surface area contributed by atoms with Crippen molar-refractivity contribution >= 4 is 0 Å². The van der Waals surface area contributed by atoms with Crippen LogP contribution in [0.5, 0.6) is 0 Å². The van der Waals surface area contributed by atoms with E-state index < -0.39 is 0 Å². The molecular weight excluding hydrogens is 144 g/mol. The average molecular weight is 158 g/mol. The smallest absolute Gasteiger partial charge is 0.210 e. The van der Waals surface area contributed by atoms with Crippen LogP contribution in [0, 0.1) is 0 Å². The molecule has 0 aromatic rings. The van der Waals surface area contributed by atoms with Gasteiger partial charge < -0.3 is 4.74 Å². The van der Waals surface area contributed by atoms with Gasteiger partial charge >= 0.3 is 0 Å². The van der Waals surface area contributed by atoms with Crippen molar-refractivity contribution in [2.45, 2.75) is 32.7 Å². The molecule has 0 bridgehead atoms. The summed E-state index contributed by atoms with van der Waals surface area (Å²) in [6, 6.07) is 0. The van der Waals surface area contributed by atoms with Crippen molar-refractivity contribution in [1.82, 2.24) is 0 Å². The fourth-order valence-corrected chi connectivity index (χ4v) is 0.624. The fraction of sp³-hybridized carbons (Fsp3) is 0.750. The van der Waals surface area contributed by atoms with Gasteiger partial charge in [-0.1, -0.05) is 6.08 Å². The van der Waals surface area contributed by atoms with E-state index in [1.165, 1.54) is 0 Å². The summed E-state index contributed by atoms with van der Waals surface area (Å²) < 4.78 is 5.09. The van der Waals surface area contributed by atoms with Crippen LogP contribution >= 0.6 is 0 Å². The molecule has 1 aliphatic rings. The van der Waals surface area contributed by atoms with Gasteiger partial charge in [-0.2, -0.15) is 4.89 Å². The lowest BCUT2D eigenvalue weighted by Crippen LogP contribution is -2.23. The van der Waals surface area contributed by atoms with E-state index in [0.29, 0.717) is 6.61 Å². The molecule has 0 aliphatic carbocycles. The molecule has 1 rings (SSSR count). The third-order valence-electron chi connectivity index (χ3n) is 1.04. The van der Waals surface area contributed by atoms with E-state index in [0.717, 1.165) is 0 Å². The lowest BCUT2D eigenvalue weighted by atomic mass is 10.2. The van der Waals surface area contributed by atoms with E-state index in [1.807, 2.05) is 32.9 Å². The Balaban J connectivity index is 2.17. The molecule has 1 unspecified atom stereocenters. The second-order valence-corrected chi connectivity index (χ2v) is 3.42. The zero-order valence-electron chi connectivity index (χ0n) is 7.16. The molecular formula is C8H14O3. The molecule has 64 valence electrons. The van der Waals surface area contributed by atoms with Crippen LogP contribution in [0.4, 0.5) is 0 Å². The summed E-state index contributed by atoms with van der Waals surface area (Å²) in [5.74, 6) is 0. The molecule has 0 fully saturated rings. The predicted molar refractivity (Wildman–Crippen MR) is 40.8 cm³/mol. The lowest BCUT2D eigenvalue weighted by molar-refractivity contribution is -0.400. The molecule has 0 N–H and O–H groups in total. The normalized spacial score (nSPS) is 24.5. The highest BCUT2D eigenvalue weighted by molar-refractivity contribution is 4.90. The summed E-state index contributed by atoms with van der Waals surface area (Å²) in [5, 5.41) is 0. The van der Waals surface area contributed by atoms with Crippen molar-refractivity contribution in [3.63, 3.8) is 0 Å². The molecule has 3 nitrogen and oxygen atoms in total. The molecule has 3 heteroatoms. The van der Waals surface area contributed by atoms with Crippen molar-refractivity contribution in [2.24, 2.45) is 0 Å². The topological polar surface area (TPSA) is 27.7 Å². The molecule has 0 spiro atoms. The van der Waals surface area contributed by atoms with E-state index in [9.17, 15) is 0 Å². The molecule has 0 aromatic heterocycles. The van der Waals surface area contributed by atoms with Gasteiger partial charge in [-0.15, -0.1) is 0 Å². The Labute approximate surface area is 66.9 Å². The largest absolute Gasteiger partial charge is 0.342 e. The SMILES string of the molecule is CC(C)(C)OOC1C=CCO1. The second-order valence-electron chi connectivity index (χ2n) is 3.42. The molecule has 11 heavy (non-hydrogen) atoms. The highest BCUT2D eigenvalue weighted by Crippen LogP contribution is 2.12. The van der Waals surface area contributed by atoms with Crippen LogP contribution in [0.1, 0.15) is 20.8 Å². The number of hydrogen-bond acceptors (Lipinski definition) is 3. The van der Waals surface area contributed by atoms with E-state index in [4.69, 9.17) is 14.5 Å². The van der Waals surface area contributed by atoms with Crippen LogP contribution in [0.3, 0.4) is 0 Å². The maximum absolute atomic E-state index is 5.09. The molecule has 1 heterocycles. The maximum Gasteiger partial charge on any atom is 0.210 e. The van der Waals surface area contributed by atoms with E-state index in [1.54, 1.807) is 0 Å². The van der Waals surface area contributed by atoms with Gasteiger partial charge in [-0.25, -0.2) is 4.89 Å². The van der Waals surface area contributed by atoms with E-state index >= 15 is 0 Å². The quantitative estimate of drug-likeness (QED) is 0.347. The standard InChI is InChI=1S/C8H14O3/c1-8(2,3)11-10-7-5-4-6-9-7/h4-5,7H,6H2,1-3H3. The van der Waals surface area contributed by atoms with Crippen molar-refractivity contribution in [2.75, 3.05) is 6.61 Å². The minimum Gasteiger partial charge on any atom is -0.342 e. The first-order valence-corrected chi connectivity index (χ1v) is 3.71. The minimum atomic E-state index is -0.325.